The number of carbonyl (C=O) groups excluding carboxylic acids is 1. The first-order chi connectivity index (χ1) is 12.0. The maximum Gasteiger partial charge on any atom is 0.336 e. The van der Waals surface area contributed by atoms with Crippen LogP contribution in [0.2, 0.25) is 0 Å². The maximum absolute atomic E-state index is 12.7. The minimum absolute atomic E-state index is 0.0238. The van der Waals surface area contributed by atoms with E-state index in [1.807, 2.05) is 13.8 Å². The van der Waals surface area contributed by atoms with E-state index < -0.39 is 34.3 Å². The molecule has 2 N–H and O–H groups in total. The molecule has 3 heterocycles. The molecule has 1 aromatic heterocycles. The first kappa shape index (κ1) is 16.5. The fourth-order valence-corrected chi connectivity index (χ4v) is 5.89. The number of hydrogen-bond donors (Lipinski definition) is 2. The monoisotopic (exact) mass is 362 g/mol. The van der Waals surface area contributed by atoms with E-state index in [1.54, 1.807) is 0 Å². The zero-order chi connectivity index (χ0) is 18.8. The van der Waals surface area contributed by atoms with Crippen LogP contribution in [0.15, 0.2) is 15.3 Å². The summed E-state index contributed by atoms with van der Waals surface area (Å²) in [7, 11) is 0. The van der Waals surface area contributed by atoms with Crippen LogP contribution in [0.4, 0.5) is 0 Å². The highest BCUT2D eigenvalue weighted by Crippen LogP contribution is 2.68. The molecule has 5 rings (SSSR count). The van der Waals surface area contributed by atoms with Crippen molar-refractivity contribution in [3.05, 3.63) is 33.4 Å². The molecule has 7 heteroatoms. The number of fused-ring (bicyclic) bond motifs is 4. The molecule has 26 heavy (non-hydrogen) atoms. The van der Waals surface area contributed by atoms with Gasteiger partial charge in [0.25, 0.3) is 0 Å². The van der Waals surface area contributed by atoms with E-state index in [9.17, 15) is 19.8 Å². The van der Waals surface area contributed by atoms with E-state index >= 15 is 0 Å². The molecule has 2 aliphatic carbocycles. The molecule has 0 radical (unpaired) electrons. The van der Waals surface area contributed by atoms with Gasteiger partial charge in [-0.3, -0.25) is 4.79 Å². The molecule has 2 aliphatic heterocycles. The summed E-state index contributed by atoms with van der Waals surface area (Å²) in [6.07, 6.45) is -1.59. The van der Waals surface area contributed by atoms with E-state index in [-0.39, 0.29) is 29.9 Å². The molecule has 0 spiro atoms. The number of hydrogen-bond acceptors (Lipinski definition) is 7. The largest absolute Gasteiger partial charge is 0.458 e. The van der Waals surface area contributed by atoms with Crippen LogP contribution in [-0.4, -0.2) is 34.5 Å². The topological polar surface area (TPSA) is 110 Å². The SMILES string of the molecule is CC(C)(O)c1oc(=O)cc2c1[C@@H](O)C1OC(=O)[C@]3(C)C1[C@]2(C)C[C@@H]1O[C@@H]13. The van der Waals surface area contributed by atoms with Crippen molar-refractivity contribution in [1.29, 1.82) is 0 Å². The lowest BCUT2D eigenvalue weighted by atomic mass is 9.49. The van der Waals surface area contributed by atoms with Crippen molar-refractivity contribution in [2.24, 2.45) is 11.3 Å². The van der Waals surface area contributed by atoms with Gasteiger partial charge in [0.1, 0.15) is 35.1 Å². The van der Waals surface area contributed by atoms with Crippen LogP contribution in [-0.2, 0) is 25.3 Å². The molecule has 1 saturated carbocycles. The summed E-state index contributed by atoms with van der Waals surface area (Å²) in [5.74, 6) is -0.664. The Morgan fingerprint density at radius 3 is 2.62 bits per heavy atom. The number of epoxide rings is 1. The van der Waals surface area contributed by atoms with Crippen molar-refractivity contribution in [1.82, 2.24) is 0 Å². The molecule has 140 valence electrons. The molecule has 2 unspecified atom stereocenters. The summed E-state index contributed by atoms with van der Waals surface area (Å²) >= 11 is 0. The van der Waals surface area contributed by atoms with Gasteiger partial charge in [0.15, 0.2) is 0 Å². The van der Waals surface area contributed by atoms with Gasteiger partial charge in [-0.05, 0) is 32.8 Å². The van der Waals surface area contributed by atoms with Crippen LogP contribution < -0.4 is 5.63 Å². The minimum atomic E-state index is -1.46. The summed E-state index contributed by atoms with van der Waals surface area (Å²) in [6.45, 7) is 6.82. The van der Waals surface area contributed by atoms with Gasteiger partial charge in [-0.2, -0.15) is 0 Å². The first-order valence-corrected chi connectivity index (χ1v) is 8.95. The second kappa shape index (κ2) is 4.40. The van der Waals surface area contributed by atoms with Crippen LogP contribution in [0.5, 0.6) is 0 Å². The lowest BCUT2D eigenvalue weighted by Crippen LogP contribution is -2.57. The third kappa shape index (κ3) is 1.69. The molecule has 0 aromatic carbocycles. The van der Waals surface area contributed by atoms with Gasteiger partial charge < -0.3 is 24.1 Å². The van der Waals surface area contributed by atoms with Crippen molar-refractivity contribution in [3.63, 3.8) is 0 Å². The fourth-order valence-electron chi connectivity index (χ4n) is 5.89. The van der Waals surface area contributed by atoms with Gasteiger partial charge in [-0.1, -0.05) is 6.92 Å². The molecular formula is C19H22O7. The second-order valence-corrected chi connectivity index (χ2v) is 9.07. The Labute approximate surface area is 149 Å². The Hall–Kier alpha value is -1.70. The highest BCUT2D eigenvalue weighted by molar-refractivity contribution is 5.82. The van der Waals surface area contributed by atoms with Crippen LogP contribution in [0.25, 0.3) is 0 Å². The van der Waals surface area contributed by atoms with Crippen LogP contribution in [0.1, 0.15) is 57.1 Å². The minimum Gasteiger partial charge on any atom is -0.458 e. The number of carbonyl (C=O) groups is 1. The van der Waals surface area contributed by atoms with Crippen molar-refractivity contribution in [2.45, 2.75) is 69.5 Å². The standard InChI is InChI=1S/C19H22O7/c1-17(2,23)15-10-7(5-9(20)25-15)18(3)6-8-14(24-8)19(4)13(18)12(11(10)21)26-16(19)22/h5,8,11-14,21,23H,6H2,1-4H3/t8-,11+,12?,13?,14-,18+,19+/m0/s1. The molecule has 7 atom stereocenters. The summed E-state index contributed by atoms with van der Waals surface area (Å²) in [4.78, 5) is 25.0. The first-order valence-electron chi connectivity index (χ1n) is 8.95. The Bertz CT molecular complexity index is 896. The highest BCUT2D eigenvalue weighted by Gasteiger charge is 2.77. The molecule has 3 fully saturated rings. The third-order valence-corrected chi connectivity index (χ3v) is 6.92. The van der Waals surface area contributed by atoms with Crippen molar-refractivity contribution >= 4 is 5.97 Å². The summed E-state index contributed by atoms with van der Waals surface area (Å²) in [5, 5.41) is 21.6. The smallest absolute Gasteiger partial charge is 0.336 e. The molecule has 2 saturated heterocycles. The summed E-state index contributed by atoms with van der Waals surface area (Å²) in [6, 6.07) is 1.38. The fraction of sp³-hybridized carbons (Fsp3) is 0.684. The summed E-state index contributed by atoms with van der Waals surface area (Å²) < 4.78 is 16.7. The van der Waals surface area contributed by atoms with Crippen LogP contribution in [0.3, 0.4) is 0 Å². The van der Waals surface area contributed by atoms with Gasteiger partial charge in [0.2, 0.25) is 0 Å². The van der Waals surface area contributed by atoms with Gasteiger partial charge in [0.05, 0.1) is 6.10 Å². The van der Waals surface area contributed by atoms with E-state index in [2.05, 4.69) is 0 Å². The maximum atomic E-state index is 12.7. The Balaban J connectivity index is 1.83. The zero-order valence-corrected chi connectivity index (χ0v) is 15.1. The average Bonchev–Trinajstić information content (AvgIpc) is 3.24. The van der Waals surface area contributed by atoms with Crippen LogP contribution in [0, 0.1) is 11.3 Å². The van der Waals surface area contributed by atoms with Gasteiger partial charge in [-0.15, -0.1) is 0 Å². The molecule has 7 nitrogen and oxygen atoms in total. The lowest BCUT2D eigenvalue weighted by Gasteiger charge is -2.51. The Kier molecular flexibility index (Phi) is 2.79. The number of esters is 1. The molecular weight excluding hydrogens is 340 g/mol. The van der Waals surface area contributed by atoms with E-state index in [0.717, 1.165) is 0 Å². The average molecular weight is 362 g/mol. The normalized spacial score (nSPS) is 45.5. The van der Waals surface area contributed by atoms with Gasteiger partial charge in [0, 0.05) is 23.0 Å². The van der Waals surface area contributed by atoms with Gasteiger partial charge in [-0.25, -0.2) is 4.79 Å². The Morgan fingerprint density at radius 1 is 1.27 bits per heavy atom. The number of aliphatic hydroxyl groups is 2. The van der Waals surface area contributed by atoms with Crippen molar-refractivity contribution < 1.29 is 28.9 Å². The summed E-state index contributed by atoms with van der Waals surface area (Å²) in [5.41, 5.74) is -2.53. The zero-order valence-electron chi connectivity index (χ0n) is 15.1. The van der Waals surface area contributed by atoms with Crippen molar-refractivity contribution in [3.8, 4) is 0 Å². The molecule has 0 bridgehead atoms. The number of rotatable bonds is 1. The van der Waals surface area contributed by atoms with E-state index in [0.29, 0.717) is 17.5 Å². The van der Waals surface area contributed by atoms with Crippen LogP contribution >= 0.6 is 0 Å². The Morgan fingerprint density at radius 2 is 1.96 bits per heavy atom. The third-order valence-electron chi connectivity index (χ3n) is 6.92. The number of ether oxygens (including phenoxy) is 2. The quantitative estimate of drug-likeness (QED) is 0.564. The second-order valence-electron chi connectivity index (χ2n) is 9.07. The van der Waals surface area contributed by atoms with E-state index in [4.69, 9.17) is 13.9 Å². The predicted octanol–water partition coefficient (Wildman–Crippen LogP) is 0.891. The lowest BCUT2D eigenvalue weighted by molar-refractivity contribution is -0.152. The number of aliphatic hydroxyl groups excluding tert-OH is 1. The van der Waals surface area contributed by atoms with Crippen molar-refractivity contribution in [2.75, 3.05) is 0 Å². The highest BCUT2D eigenvalue weighted by atomic mass is 16.6. The molecule has 1 aromatic rings. The molecule has 4 aliphatic rings. The predicted molar refractivity (Wildman–Crippen MR) is 87.3 cm³/mol. The molecule has 0 amide bonds. The van der Waals surface area contributed by atoms with Gasteiger partial charge >= 0.3 is 11.6 Å². The van der Waals surface area contributed by atoms with E-state index in [1.165, 1.54) is 19.9 Å².